The molecule has 1 saturated heterocycles. The molecule has 7 nitrogen and oxygen atoms in total. The molecule has 7 heteroatoms. The van der Waals surface area contributed by atoms with E-state index in [0.29, 0.717) is 12.2 Å². The summed E-state index contributed by atoms with van der Waals surface area (Å²) in [5.74, 6) is 2.27. The van der Waals surface area contributed by atoms with Gasteiger partial charge in [0.05, 0.1) is 7.11 Å². The second kappa shape index (κ2) is 7.84. The van der Waals surface area contributed by atoms with Crippen LogP contribution in [0.3, 0.4) is 0 Å². The lowest BCUT2D eigenvalue weighted by atomic mass is 10.1. The summed E-state index contributed by atoms with van der Waals surface area (Å²) in [5, 5.41) is 0. The van der Waals surface area contributed by atoms with Crippen LogP contribution in [0.25, 0.3) is 0 Å². The zero-order valence-electron chi connectivity index (χ0n) is 15.4. The predicted octanol–water partition coefficient (Wildman–Crippen LogP) is 2.17. The van der Waals surface area contributed by atoms with Gasteiger partial charge in [-0.3, -0.25) is 14.7 Å². The Labute approximate surface area is 158 Å². The minimum atomic E-state index is -0.00175. The Morgan fingerprint density at radius 1 is 1.15 bits per heavy atom. The number of aromatic nitrogens is 1. The van der Waals surface area contributed by atoms with Crippen molar-refractivity contribution in [2.45, 2.75) is 13.0 Å². The van der Waals surface area contributed by atoms with Crippen molar-refractivity contribution in [3.05, 3.63) is 47.8 Å². The minimum absolute atomic E-state index is 0.00175. The zero-order valence-corrected chi connectivity index (χ0v) is 15.4. The third kappa shape index (κ3) is 3.83. The van der Waals surface area contributed by atoms with E-state index in [1.165, 1.54) is 0 Å². The van der Waals surface area contributed by atoms with E-state index in [4.69, 9.17) is 14.2 Å². The van der Waals surface area contributed by atoms with E-state index in [2.05, 4.69) is 9.88 Å². The van der Waals surface area contributed by atoms with Crippen molar-refractivity contribution in [2.75, 3.05) is 40.1 Å². The maximum atomic E-state index is 12.6. The van der Waals surface area contributed by atoms with Crippen molar-refractivity contribution in [3.8, 4) is 17.2 Å². The van der Waals surface area contributed by atoms with E-state index < -0.39 is 0 Å². The summed E-state index contributed by atoms with van der Waals surface area (Å²) in [4.78, 5) is 21.0. The van der Waals surface area contributed by atoms with Gasteiger partial charge in [0.2, 0.25) is 6.79 Å². The van der Waals surface area contributed by atoms with Crippen LogP contribution in [0, 0.1) is 0 Å². The Hall–Kier alpha value is -2.80. The van der Waals surface area contributed by atoms with Gasteiger partial charge in [0, 0.05) is 50.6 Å². The van der Waals surface area contributed by atoms with Crippen molar-refractivity contribution < 1.29 is 19.0 Å². The molecule has 0 aliphatic carbocycles. The van der Waals surface area contributed by atoms with Crippen LogP contribution in [0.4, 0.5) is 0 Å². The molecule has 0 saturated carbocycles. The quantitative estimate of drug-likeness (QED) is 0.823. The number of carbonyl (C=O) groups is 1. The van der Waals surface area contributed by atoms with Crippen LogP contribution in [0.1, 0.15) is 22.5 Å². The first-order chi connectivity index (χ1) is 13.2. The van der Waals surface area contributed by atoms with Gasteiger partial charge in [-0.2, -0.15) is 0 Å². The van der Waals surface area contributed by atoms with E-state index >= 15 is 0 Å². The summed E-state index contributed by atoms with van der Waals surface area (Å²) in [6.07, 6.45) is 2.58. The number of rotatable bonds is 4. The molecule has 0 atom stereocenters. The SMILES string of the molecule is COc1cc2c(cc1CN1CCCN(C(=O)c3ccccn3)CC1)OCO2. The van der Waals surface area contributed by atoms with Crippen LogP contribution in [-0.4, -0.2) is 60.8 Å². The number of ether oxygens (including phenoxy) is 3. The molecule has 0 radical (unpaired) electrons. The third-order valence-electron chi connectivity index (χ3n) is 4.93. The van der Waals surface area contributed by atoms with Crippen LogP contribution in [0.5, 0.6) is 17.2 Å². The molecule has 0 unspecified atom stereocenters. The third-order valence-corrected chi connectivity index (χ3v) is 4.93. The second-order valence-electron chi connectivity index (χ2n) is 6.65. The van der Waals surface area contributed by atoms with Crippen molar-refractivity contribution in [3.63, 3.8) is 0 Å². The fourth-order valence-electron chi connectivity index (χ4n) is 3.50. The van der Waals surface area contributed by atoms with E-state index in [-0.39, 0.29) is 12.7 Å². The topological polar surface area (TPSA) is 64.1 Å². The lowest BCUT2D eigenvalue weighted by Crippen LogP contribution is -2.35. The van der Waals surface area contributed by atoms with Crippen LogP contribution in [0.15, 0.2) is 36.5 Å². The van der Waals surface area contributed by atoms with E-state index in [1.54, 1.807) is 19.4 Å². The van der Waals surface area contributed by atoms with E-state index in [0.717, 1.165) is 55.4 Å². The first kappa shape index (κ1) is 17.6. The molecule has 1 aromatic carbocycles. The van der Waals surface area contributed by atoms with Crippen LogP contribution in [0.2, 0.25) is 0 Å². The number of benzene rings is 1. The molecule has 1 aromatic heterocycles. The molecule has 1 amide bonds. The normalized spacial score (nSPS) is 16.9. The second-order valence-corrected chi connectivity index (χ2v) is 6.65. The van der Waals surface area contributed by atoms with Gasteiger partial charge >= 0.3 is 0 Å². The Balaban J connectivity index is 1.43. The molecule has 2 aromatic rings. The van der Waals surface area contributed by atoms with Gasteiger partial charge in [0.25, 0.3) is 5.91 Å². The highest BCUT2D eigenvalue weighted by Crippen LogP contribution is 2.38. The predicted molar refractivity (Wildman–Crippen MR) is 99.2 cm³/mol. The maximum absolute atomic E-state index is 12.6. The molecule has 0 bridgehead atoms. The first-order valence-electron chi connectivity index (χ1n) is 9.14. The highest BCUT2D eigenvalue weighted by Gasteiger charge is 2.23. The highest BCUT2D eigenvalue weighted by atomic mass is 16.7. The van der Waals surface area contributed by atoms with E-state index in [1.807, 2.05) is 29.2 Å². The lowest BCUT2D eigenvalue weighted by molar-refractivity contribution is 0.0755. The summed E-state index contributed by atoms with van der Waals surface area (Å²) in [7, 11) is 1.66. The fourth-order valence-corrected chi connectivity index (χ4v) is 3.50. The standard InChI is InChI=1S/C20H23N3O4/c1-25-17-12-19-18(26-14-27-19)11-15(17)13-22-7-4-8-23(10-9-22)20(24)16-5-2-3-6-21-16/h2-3,5-6,11-12H,4,7-10,13-14H2,1H3. The van der Waals surface area contributed by atoms with Gasteiger partial charge in [-0.1, -0.05) is 6.07 Å². The lowest BCUT2D eigenvalue weighted by Gasteiger charge is -2.22. The Morgan fingerprint density at radius 2 is 2.00 bits per heavy atom. The molecular formula is C20H23N3O4. The van der Waals surface area contributed by atoms with Crippen LogP contribution in [-0.2, 0) is 6.54 Å². The maximum Gasteiger partial charge on any atom is 0.272 e. The minimum Gasteiger partial charge on any atom is -0.496 e. The molecule has 4 rings (SSSR count). The summed E-state index contributed by atoms with van der Waals surface area (Å²) in [5.41, 5.74) is 1.56. The molecule has 2 aliphatic heterocycles. The Bertz CT molecular complexity index is 812. The van der Waals surface area contributed by atoms with Crippen LogP contribution >= 0.6 is 0 Å². The van der Waals surface area contributed by atoms with E-state index in [9.17, 15) is 4.79 Å². The van der Waals surface area contributed by atoms with Gasteiger partial charge in [-0.25, -0.2) is 0 Å². The molecule has 1 fully saturated rings. The summed E-state index contributed by atoms with van der Waals surface area (Å²) < 4.78 is 16.4. The number of pyridine rings is 1. The van der Waals surface area contributed by atoms with Crippen LogP contribution < -0.4 is 14.2 Å². The Kier molecular flexibility index (Phi) is 5.11. The molecule has 27 heavy (non-hydrogen) atoms. The summed E-state index contributed by atoms with van der Waals surface area (Å²) >= 11 is 0. The first-order valence-corrected chi connectivity index (χ1v) is 9.14. The largest absolute Gasteiger partial charge is 0.496 e. The summed E-state index contributed by atoms with van der Waals surface area (Å²) in [6.45, 7) is 4.13. The number of hydrogen-bond donors (Lipinski definition) is 0. The number of carbonyl (C=O) groups excluding carboxylic acids is 1. The van der Waals surface area contributed by atoms with Crippen molar-refractivity contribution >= 4 is 5.91 Å². The zero-order chi connectivity index (χ0) is 18.6. The van der Waals surface area contributed by atoms with Gasteiger partial charge in [0.15, 0.2) is 11.5 Å². The number of hydrogen-bond acceptors (Lipinski definition) is 6. The van der Waals surface area contributed by atoms with Gasteiger partial charge in [-0.05, 0) is 24.6 Å². The van der Waals surface area contributed by atoms with Crippen molar-refractivity contribution in [1.82, 2.24) is 14.8 Å². The average Bonchev–Trinajstić information content (AvgIpc) is 3.04. The fraction of sp³-hybridized carbons (Fsp3) is 0.400. The number of fused-ring (bicyclic) bond motifs is 1. The molecule has 2 aliphatic rings. The number of amides is 1. The molecule has 0 spiro atoms. The summed E-state index contributed by atoms with van der Waals surface area (Å²) in [6, 6.07) is 9.30. The molecule has 3 heterocycles. The highest BCUT2D eigenvalue weighted by molar-refractivity contribution is 5.92. The average molecular weight is 369 g/mol. The Morgan fingerprint density at radius 3 is 2.78 bits per heavy atom. The number of methoxy groups -OCH3 is 1. The molecule has 0 N–H and O–H groups in total. The number of nitrogens with zero attached hydrogens (tertiary/aromatic N) is 3. The van der Waals surface area contributed by atoms with Crippen molar-refractivity contribution in [2.24, 2.45) is 0 Å². The van der Waals surface area contributed by atoms with Gasteiger partial charge in [-0.15, -0.1) is 0 Å². The molecular weight excluding hydrogens is 346 g/mol. The smallest absolute Gasteiger partial charge is 0.272 e. The monoisotopic (exact) mass is 369 g/mol. The van der Waals surface area contributed by atoms with Gasteiger partial charge < -0.3 is 19.1 Å². The van der Waals surface area contributed by atoms with Crippen molar-refractivity contribution in [1.29, 1.82) is 0 Å². The molecule has 142 valence electrons. The van der Waals surface area contributed by atoms with Gasteiger partial charge in [0.1, 0.15) is 11.4 Å².